The lowest BCUT2D eigenvalue weighted by Crippen LogP contribution is -2.54. The highest BCUT2D eigenvalue weighted by Gasteiger charge is 2.48. The molecule has 2 amide bonds. The Morgan fingerprint density at radius 1 is 0.929 bits per heavy atom. The van der Waals surface area contributed by atoms with Gasteiger partial charge in [0.1, 0.15) is 6.07 Å². The number of nitriles is 1. The van der Waals surface area contributed by atoms with Gasteiger partial charge in [0.25, 0.3) is 5.91 Å². The molecule has 218 valence electrons. The van der Waals surface area contributed by atoms with Crippen LogP contribution in [-0.2, 0) is 4.79 Å². The van der Waals surface area contributed by atoms with Crippen molar-refractivity contribution in [2.24, 2.45) is 5.92 Å². The third kappa shape index (κ3) is 5.22. The van der Waals surface area contributed by atoms with Gasteiger partial charge in [-0.15, -0.1) is 0 Å². The first-order chi connectivity index (χ1) is 20.3. The maximum absolute atomic E-state index is 13.7. The van der Waals surface area contributed by atoms with Crippen molar-refractivity contribution < 1.29 is 14.7 Å². The third-order valence-corrected chi connectivity index (χ3v) is 10.0. The molecule has 0 spiro atoms. The predicted molar refractivity (Wildman–Crippen MR) is 157 cm³/mol. The second-order valence-electron chi connectivity index (χ2n) is 13.0. The molecule has 0 aliphatic heterocycles. The topological polar surface area (TPSA) is 144 Å². The quantitative estimate of drug-likeness (QED) is 0.337. The van der Waals surface area contributed by atoms with Crippen LogP contribution in [0.15, 0.2) is 36.7 Å². The lowest BCUT2D eigenvalue weighted by molar-refractivity contribution is -0.123. The van der Waals surface area contributed by atoms with Crippen LogP contribution in [0, 0.1) is 17.2 Å². The lowest BCUT2D eigenvalue weighted by Gasteiger charge is -2.51. The summed E-state index contributed by atoms with van der Waals surface area (Å²) in [5.74, 6) is 0.239. The first-order valence-electron chi connectivity index (χ1n) is 15.3. The molecule has 42 heavy (non-hydrogen) atoms. The standard InChI is InChI=1S/C32H37N7O3/c33-17-20-15-24-7-8-28(39(24)35-18-20)27-16-26(38-31-9-12-32(42,13-10-31)14-11-31)25(19-34-27)30(41)37-23-5-3-22(4-6-23)36-29(40)21-1-2-21/h7-8,15-16,18-19,21-23,42H,1-6,9-14H2,(H,34,38)(H,36,40)(H,37,41). The number of hydrogen-bond donors (Lipinski definition) is 4. The first kappa shape index (κ1) is 26.9. The zero-order chi connectivity index (χ0) is 28.9. The maximum atomic E-state index is 13.7. The van der Waals surface area contributed by atoms with Crippen LogP contribution in [0.5, 0.6) is 0 Å². The summed E-state index contributed by atoms with van der Waals surface area (Å²) in [4.78, 5) is 30.6. The van der Waals surface area contributed by atoms with Crippen molar-refractivity contribution in [3.63, 3.8) is 0 Å². The number of amides is 2. The van der Waals surface area contributed by atoms with Gasteiger partial charge in [0.05, 0.1) is 45.5 Å². The number of carbonyl (C=O) groups excluding carboxylic acids is 2. The number of aliphatic hydroxyl groups is 1. The van der Waals surface area contributed by atoms with E-state index in [4.69, 9.17) is 4.98 Å². The fourth-order valence-corrected chi connectivity index (χ4v) is 7.08. The molecule has 0 unspecified atom stereocenters. The van der Waals surface area contributed by atoms with Gasteiger partial charge in [-0.05, 0) is 101 Å². The van der Waals surface area contributed by atoms with Gasteiger partial charge in [-0.25, -0.2) is 4.52 Å². The summed E-state index contributed by atoms with van der Waals surface area (Å²) < 4.78 is 1.76. The van der Waals surface area contributed by atoms with Gasteiger partial charge >= 0.3 is 0 Å². The molecule has 5 fully saturated rings. The number of carbonyl (C=O) groups is 2. The molecule has 3 heterocycles. The molecule has 8 rings (SSSR count). The van der Waals surface area contributed by atoms with Crippen LogP contribution in [0.3, 0.4) is 0 Å². The predicted octanol–water partition coefficient (Wildman–Crippen LogP) is 4.08. The Morgan fingerprint density at radius 3 is 2.29 bits per heavy atom. The van der Waals surface area contributed by atoms with Gasteiger partial charge in [0.15, 0.2) is 0 Å². The van der Waals surface area contributed by atoms with Crippen LogP contribution in [0.4, 0.5) is 5.69 Å². The molecule has 3 aromatic heterocycles. The molecule has 4 N–H and O–H groups in total. The summed E-state index contributed by atoms with van der Waals surface area (Å²) in [6.07, 6.45) is 13.4. The minimum Gasteiger partial charge on any atom is -0.390 e. The van der Waals surface area contributed by atoms with Crippen LogP contribution < -0.4 is 16.0 Å². The maximum Gasteiger partial charge on any atom is 0.255 e. The van der Waals surface area contributed by atoms with E-state index in [1.165, 1.54) is 6.20 Å². The van der Waals surface area contributed by atoms with E-state index in [2.05, 4.69) is 27.1 Å². The number of fused-ring (bicyclic) bond motifs is 4. The summed E-state index contributed by atoms with van der Waals surface area (Å²) in [6, 6.07) is 9.92. The third-order valence-electron chi connectivity index (χ3n) is 10.0. The van der Waals surface area contributed by atoms with E-state index >= 15 is 0 Å². The van der Waals surface area contributed by atoms with E-state index in [9.17, 15) is 20.0 Å². The average Bonchev–Trinajstić information content (AvgIpc) is 3.78. The second-order valence-corrected chi connectivity index (χ2v) is 13.0. The summed E-state index contributed by atoms with van der Waals surface area (Å²) in [5, 5.41) is 34.7. The minimum atomic E-state index is -0.553. The Morgan fingerprint density at radius 2 is 1.62 bits per heavy atom. The largest absolute Gasteiger partial charge is 0.390 e. The van der Waals surface area contributed by atoms with E-state index in [0.29, 0.717) is 16.8 Å². The van der Waals surface area contributed by atoms with Crippen LogP contribution >= 0.6 is 0 Å². The number of nitrogens with one attached hydrogen (secondary N) is 3. The van der Waals surface area contributed by atoms with Gasteiger partial charge in [-0.2, -0.15) is 10.4 Å². The van der Waals surface area contributed by atoms with Crippen molar-refractivity contribution in [1.29, 1.82) is 5.26 Å². The second kappa shape index (κ2) is 10.4. The lowest BCUT2D eigenvalue weighted by atomic mass is 9.63. The smallest absolute Gasteiger partial charge is 0.255 e. The molecule has 10 nitrogen and oxygen atoms in total. The minimum absolute atomic E-state index is 0.0461. The molecule has 10 heteroatoms. The number of anilines is 1. The number of rotatable bonds is 7. The highest BCUT2D eigenvalue weighted by molar-refractivity contribution is 6.00. The molecule has 0 atom stereocenters. The molecule has 5 saturated carbocycles. The van der Waals surface area contributed by atoms with Crippen molar-refractivity contribution in [3.8, 4) is 17.5 Å². The van der Waals surface area contributed by atoms with Crippen molar-refractivity contribution in [3.05, 3.63) is 47.8 Å². The molecule has 5 aliphatic rings. The molecule has 2 bridgehead atoms. The Kier molecular flexibility index (Phi) is 6.65. The molecule has 5 aliphatic carbocycles. The fraction of sp³-hybridized carbons (Fsp3) is 0.531. The normalized spacial score (nSPS) is 28.7. The van der Waals surface area contributed by atoms with E-state index < -0.39 is 5.60 Å². The van der Waals surface area contributed by atoms with Crippen molar-refractivity contribution in [2.45, 2.75) is 100 Å². The summed E-state index contributed by atoms with van der Waals surface area (Å²) in [7, 11) is 0. The zero-order valence-electron chi connectivity index (χ0n) is 23.7. The number of aromatic nitrogens is 3. The van der Waals surface area contributed by atoms with Crippen LogP contribution in [-0.4, -0.2) is 54.7 Å². The number of pyridine rings is 1. The van der Waals surface area contributed by atoms with Gasteiger partial charge in [-0.3, -0.25) is 14.6 Å². The van der Waals surface area contributed by atoms with Gasteiger partial charge in [0, 0.05) is 29.7 Å². The van der Waals surface area contributed by atoms with Gasteiger partial charge < -0.3 is 21.1 Å². The summed E-state index contributed by atoms with van der Waals surface area (Å²) in [5.41, 5.74) is 3.25. The number of hydrogen-bond acceptors (Lipinski definition) is 7. The van der Waals surface area contributed by atoms with Crippen molar-refractivity contribution in [1.82, 2.24) is 25.2 Å². The Bertz CT molecular complexity index is 1550. The SMILES string of the molecule is N#Cc1cnn2c(-c3cc(NC45CCC(O)(CC4)CC5)c(C(=O)NC4CCC(NC(=O)C5CC5)CC4)cn3)ccc2c1. The molecule has 0 aromatic carbocycles. The summed E-state index contributed by atoms with van der Waals surface area (Å²) >= 11 is 0. The van der Waals surface area contributed by atoms with Crippen molar-refractivity contribution in [2.75, 3.05) is 5.32 Å². The van der Waals surface area contributed by atoms with Gasteiger partial charge in [0.2, 0.25) is 5.91 Å². The first-order valence-corrected chi connectivity index (χ1v) is 15.3. The molecule has 3 aromatic rings. The molecular weight excluding hydrogens is 530 g/mol. The Hall–Kier alpha value is -3.97. The van der Waals surface area contributed by atoms with E-state index in [1.54, 1.807) is 16.8 Å². The average molecular weight is 568 g/mol. The van der Waals surface area contributed by atoms with Crippen LogP contribution in [0.25, 0.3) is 16.9 Å². The van der Waals surface area contributed by atoms with Crippen molar-refractivity contribution >= 4 is 23.0 Å². The summed E-state index contributed by atoms with van der Waals surface area (Å²) in [6.45, 7) is 0. The van der Waals surface area contributed by atoms with Gasteiger partial charge in [-0.1, -0.05) is 0 Å². The monoisotopic (exact) mass is 567 g/mol. The van der Waals surface area contributed by atoms with Crippen LogP contribution in [0.2, 0.25) is 0 Å². The molecule has 0 radical (unpaired) electrons. The Balaban J connectivity index is 1.13. The molecular formula is C32H37N7O3. The highest BCUT2D eigenvalue weighted by Crippen LogP contribution is 2.48. The van der Waals surface area contributed by atoms with E-state index in [1.807, 2.05) is 18.2 Å². The Labute approximate surface area is 244 Å². The van der Waals surface area contributed by atoms with E-state index in [-0.39, 0.29) is 35.4 Å². The van der Waals surface area contributed by atoms with Crippen LogP contribution in [0.1, 0.15) is 93.0 Å². The fourth-order valence-electron chi connectivity index (χ4n) is 7.08. The highest BCUT2D eigenvalue weighted by atomic mass is 16.3. The number of nitrogens with zero attached hydrogens (tertiary/aromatic N) is 4. The molecule has 0 saturated heterocycles. The zero-order valence-corrected chi connectivity index (χ0v) is 23.7. The van der Waals surface area contributed by atoms with E-state index in [0.717, 1.165) is 93.9 Å².